The Morgan fingerprint density at radius 3 is 2.00 bits per heavy atom. The molecular weight excluding hydrogens is 64.0 g/mol. The van der Waals surface area contributed by atoms with Gasteiger partial charge < -0.3 is 0 Å². The van der Waals surface area contributed by atoms with Gasteiger partial charge in [-0.3, -0.25) is 0 Å². The first-order valence-electron chi connectivity index (χ1n) is 1.58. The van der Waals surface area contributed by atoms with Crippen LogP contribution in [0, 0.1) is 0 Å². The smallest absolute Gasteiger partial charge is 0.0893 e. The highest BCUT2D eigenvalue weighted by Crippen LogP contribution is 1.74. The fourth-order valence-electron chi connectivity index (χ4n) is 0.250. The Kier molecular flexibility index (Phi) is 0.521. The lowest BCUT2D eigenvalue weighted by Crippen LogP contribution is -1.73. The topological polar surface area (TPSA) is 24.7 Å². The molecule has 2 nitrogen and oxygen atoms in total. The van der Waals surface area contributed by atoms with Crippen LogP contribution < -0.4 is 0 Å². The van der Waals surface area contributed by atoms with Gasteiger partial charge in [-0.15, -0.1) is 0 Å². The second kappa shape index (κ2) is 0.998. The van der Waals surface area contributed by atoms with Crippen molar-refractivity contribution in [1.29, 1.82) is 0 Å². The summed E-state index contributed by atoms with van der Waals surface area (Å²) < 4.78 is 0. The quantitative estimate of drug-likeness (QED) is 0.386. The highest BCUT2D eigenvalue weighted by Gasteiger charge is 1.78. The van der Waals surface area contributed by atoms with Crippen LogP contribution in [0.2, 0.25) is 0 Å². The minimum atomic E-state index is 0.847. The Balaban J connectivity index is 2.64. The van der Waals surface area contributed by atoms with E-state index in [0.717, 1.165) is 13.1 Å². The first-order chi connectivity index (χ1) is 2.50. The Morgan fingerprint density at radius 2 is 1.80 bits per heavy atom. The third-order valence-electron chi connectivity index (χ3n) is 0.465. The molecule has 0 fully saturated rings. The largest absolute Gasteiger partial charge is 0.224 e. The lowest BCUT2D eigenvalue weighted by molar-refractivity contribution is 1.04. The zero-order chi connectivity index (χ0) is 3.54. The fourth-order valence-corrected chi connectivity index (χ4v) is 0.250. The summed E-state index contributed by atoms with van der Waals surface area (Å²) in [4.78, 5) is 7.33. The molecule has 1 aliphatic heterocycles. The monoisotopic (exact) mass is 68.0 g/mol. The van der Waals surface area contributed by atoms with Crippen molar-refractivity contribution in [1.82, 2.24) is 0 Å². The molecule has 26 valence electrons. The van der Waals surface area contributed by atoms with Gasteiger partial charge in [0.25, 0.3) is 0 Å². The highest BCUT2D eigenvalue weighted by atomic mass is 14.9. The van der Waals surface area contributed by atoms with E-state index in [9.17, 15) is 0 Å². The Morgan fingerprint density at radius 1 is 1.20 bits per heavy atom. The van der Waals surface area contributed by atoms with Crippen LogP contribution in [0.4, 0.5) is 0 Å². The van der Waals surface area contributed by atoms with Crippen molar-refractivity contribution < 1.29 is 0 Å². The molecule has 0 spiro atoms. The third-order valence-corrected chi connectivity index (χ3v) is 0.465. The zero-order valence-electron chi connectivity index (χ0n) is 2.81. The molecule has 0 N–H and O–H groups in total. The minimum Gasteiger partial charge on any atom is -0.224 e. The predicted octanol–water partition coefficient (Wildman–Crippen LogP) is 0.174. The standard InChI is InChI=1S/C3H4N2/c1-2-5-3-4-1/h1-2H2. The number of rotatable bonds is 0. The second-order valence-electron chi connectivity index (χ2n) is 0.863. The molecule has 2 heteroatoms. The maximum Gasteiger partial charge on any atom is 0.0893 e. The molecule has 0 atom stereocenters. The van der Waals surface area contributed by atoms with Gasteiger partial charge in [0.15, 0.2) is 0 Å². The minimum absolute atomic E-state index is 0.847. The van der Waals surface area contributed by atoms with Crippen molar-refractivity contribution in [3.05, 3.63) is 0 Å². The number of hydrogen-bond donors (Lipinski definition) is 0. The predicted molar refractivity (Wildman–Crippen MR) is 19.6 cm³/mol. The van der Waals surface area contributed by atoms with Gasteiger partial charge in [-0.05, 0) is 0 Å². The van der Waals surface area contributed by atoms with Gasteiger partial charge in [0.2, 0.25) is 0 Å². The first-order valence-corrected chi connectivity index (χ1v) is 1.58. The molecule has 0 aromatic carbocycles. The average Bonchev–Trinajstić information content (AvgIpc) is 1.76. The van der Waals surface area contributed by atoms with E-state index >= 15 is 0 Å². The maximum absolute atomic E-state index is 3.67. The summed E-state index contributed by atoms with van der Waals surface area (Å²) in [5, 5.41) is 0. The van der Waals surface area contributed by atoms with Crippen molar-refractivity contribution in [2.24, 2.45) is 9.98 Å². The highest BCUT2D eigenvalue weighted by molar-refractivity contribution is 5.42. The zero-order valence-corrected chi connectivity index (χ0v) is 2.81. The van der Waals surface area contributed by atoms with Gasteiger partial charge in [0.1, 0.15) is 0 Å². The van der Waals surface area contributed by atoms with Gasteiger partial charge in [0.05, 0.1) is 19.1 Å². The second-order valence-corrected chi connectivity index (χ2v) is 0.863. The van der Waals surface area contributed by atoms with E-state index in [0.29, 0.717) is 0 Å². The molecule has 0 radical (unpaired) electrons. The van der Waals surface area contributed by atoms with E-state index in [1.54, 1.807) is 0 Å². The first kappa shape index (κ1) is 2.61. The molecule has 0 bridgehead atoms. The number of nitrogens with zero attached hydrogens (tertiary/aromatic N) is 2. The molecular formula is C3H4N2. The normalized spacial score (nSPS) is 17.6. The Bertz CT molecular complexity index is 70.9. The van der Waals surface area contributed by atoms with E-state index in [2.05, 4.69) is 16.0 Å². The lowest BCUT2D eigenvalue weighted by Gasteiger charge is -1.64. The van der Waals surface area contributed by atoms with Gasteiger partial charge in [-0.25, -0.2) is 9.98 Å². The van der Waals surface area contributed by atoms with Crippen LogP contribution in [0.5, 0.6) is 0 Å². The van der Waals surface area contributed by atoms with Crippen LogP contribution in [-0.2, 0) is 0 Å². The summed E-state index contributed by atoms with van der Waals surface area (Å²) in [6.07, 6.45) is 0. The lowest BCUT2D eigenvalue weighted by atomic mass is 10.7. The fraction of sp³-hybridized carbons (Fsp3) is 0.667. The van der Waals surface area contributed by atoms with Crippen LogP contribution >= 0.6 is 0 Å². The number of hydrogen-bond acceptors (Lipinski definition) is 2. The van der Waals surface area contributed by atoms with E-state index < -0.39 is 0 Å². The van der Waals surface area contributed by atoms with Gasteiger partial charge in [0, 0.05) is 0 Å². The molecule has 0 aromatic rings. The maximum atomic E-state index is 3.67. The molecule has 0 saturated heterocycles. The van der Waals surface area contributed by atoms with Crippen LogP contribution in [0.15, 0.2) is 9.98 Å². The van der Waals surface area contributed by atoms with Gasteiger partial charge in [-0.2, -0.15) is 0 Å². The summed E-state index contributed by atoms with van der Waals surface area (Å²) >= 11 is 0. The van der Waals surface area contributed by atoms with Gasteiger partial charge >= 0.3 is 0 Å². The molecule has 1 heterocycles. The number of aliphatic imine (C=N–C) groups is 2. The van der Waals surface area contributed by atoms with E-state index in [1.807, 2.05) is 0 Å². The summed E-state index contributed by atoms with van der Waals surface area (Å²) in [6, 6.07) is 2.47. The van der Waals surface area contributed by atoms with E-state index in [1.165, 1.54) is 0 Å². The van der Waals surface area contributed by atoms with Crippen molar-refractivity contribution in [2.75, 3.05) is 13.1 Å². The molecule has 0 amide bonds. The third kappa shape index (κ3) is 0.336. The van der Waals surface area contributed by atoms with E-state index in [4.69, 9.17) is 0 Å². The molecule has 1 rings (SSSR count). The summed E-state index contributed by atoms with van der Waals surface area (Å²) in [5.74, 6) is 0. The van der Waals surface area contributed by atoms with Gasteiger partial charge in [-0.1, -0.05) is 0 Å². The molecule has 0 aliphatic carbocycles. The van der Waals surface area contributed by atoms with Crippen molar-refractivity contribution in [3.8, 4) is 0 Å². The van der Waals surface area contributed by atoms with E-state index in [-0.39, 0.29) is 0 Å². The van der Waals surface area contributed by atoms with Crippen LogP contribution in [0.3, 0.4) is 0 Å². The van der Waals surface area contributed by atoms with Crippen LogP contribution in [0.25, 0.3) is 0 Å². The molecule has 5 heavy (non-hydrogen) atoms. The summed E-state index contributed by atoms with van der Waals surface area (Å²) in [5.41, 5.74) is 0. The van der Waals surface area contributed by atoms with Crippen LogP contribution in [-0.4, -0.2) is 19.1 Å². The SMILES string of the molecule is C1=NCCN=1. The molecule has 1 aliphatic rings. The molecule has 0 aromatic heterocycles. The van der Waals surface area contributed by atoms with Crippen molar-refractivity contribution >= 4 is 6.01 Å². The molecule has 0 saturated carbocycles. The summed E-state index contributed by atoms with van der Waals surface area (Å²) in [6.45, 7) is 1.69. The van der Waals surface area contributed by atoms with Crippen LogP contribution in [0.1, 0.15) is 0 Å². The Labute approximate surface area is 30.3 Å². The average molecular weight is 68.1 g/mol. The van der Waals surface area contributed by atoms with Crippen molar-refractivity contribution in [3.63, 3.8) is 0 Å². The summed E-state index contributed by atoms with van der Waals surface area (Å²) in [7, 11) is 0. The van der Waals surface area contributed by atoms with Crippen molar-refractivity contribution in [2.45, 2.75) is 0 Å². The Hall–Kier alpha value is -0.620. The molecule has 0 unspecified atom stereocenters.